The molecule has 0 spiro atoms. The highest BCUT2D eigenvalue weighted by molar-refractivity contribution is 5.94. The number of aryl methyl sites for hydroxylation is 2. The first kappa shape index (κ1) is 13.4. The molecule has 1 aromatic carbocycles. The van der Waals surface area contributed by atoms with Crippen molar-refractivity contribution in [3.63, 3.8) is 0 Å². The zero-order chi connectivity index (χ0) is 14.8. The number of nitrogens with zero attached hydrogens (tertiary/aromatic N) is 2. The molecule has 6 nitrogen and oxygen atoms in total. The summed E-state index contributed by atoms with van der Waals surface area (Å²) in [6.45, 7) is 1.89. The van der Waals surface area contributed by atoms with Crippen molar-refractivity contribution >= 4 is 17.5 Å². The highest BCUT2D eigenvalue weighted by atomic mass is 16.5. The Balaban J connectivity index is 1.85. The average molecular weight is 284 g/mol. The maximum absolute atomic E-state index is 11.3. The molecule has 0 radical (unpaired) electrons. The first-order chi connectivity index (χ1) is 10.1. The minimum absolute atomic E-state index is 0.0567. The monoisotopic (exact) mass is 284 g/mol. The molecule has 1 amide bonds. The average Bonchev–Trinajstić information content (AvgIpc) is 2.47. The number of carbonyl (C=O) groups is 1. The van der Waals surface area contributed by atoms with Gasteiger partial charge in [-0.3, -0.25) is 4.79 Å². The predicted molar refractivity (Wildman–Crippen MR) is 79.8 cm³/mol. The molecule has 0 atom stereocenters. The smallest absolute Gasteiger partial charge is 0.225 e. The van der Waals surface area contributed by atoms with Crippen molar-refractivity contribution in [1.82, 2.24) is 9.97 Å². The van der Waals surface area contributed by atoms with Crippen LogP contribution in [-0.4, -0.2) is 22.9 Å². The fourth-order valence-electron chi connectivity index (χ4n) is 2.25. The molecule has 2 aromatic rings. The molecule has 0 fully saturated rings. The van der Waals surface area contributed by atoms with Gasteiger partial charge in [-0.1, -0.05) is 0 Å². The number of anilines is 2. The number of fused-ring (bicyclic) bond motifs is 1. The molecule has 0 bridgehead atoms. The lowest BCUT2D eigenvalue weighted by Crippen LogP contribution is -2.18. The summed E-state index contributed by atoms with van der Waals surface area (Å²) in [5, 5.41) is 5.75. The van der Waals surface area contributed by atoms with E-state index in [2.05, 4.69) is 20.6 Å². The highest BCUT2D eigenvalue weighted by Crippen LogP contribution is 2.29. The van der Waals surface area contributed by atoms with E-state index in [1.807, 2.05) is 25.1 Å². The second kappa shape index (κ2) is 5.40. The molecule has 0 aliphatic carbocycles. The Labute approximate surface area is 122 Å². The first-order valence-corrected chi connectivity index (χ1v) is 6.78. The molecular formula is C15H16N4O2. The second-order valence-electron chi connectivity index (χ2n) is 4.89. The van der Waals surface area contributed by atoms with Gasteiger partial charge in [-0.25, -0.2) is 4.98 Å². The van der Waals surface area contributed by atoms with Gasteiger partial charge >= 0.3 is 0 Å². The second-order valence-corrected chi connectivity index (χ2v) is 4.89. The number of rotatable bonds is 3. The third kappa shape index (κ3) is 2.94. The molecule has 3 rings (SSSR count). The van der Waals surface area contributed by atoms with Crippen LogP contribution >= 0.6 is 0 Å². The molecule has 0 saturated heterocycles. The van der Waals surface area contributed by atoms with E-state index in [-0.39, 0.29) is 5.91 Å². The molecule has 0 unspecified atom stereocenters. The molecule has 1 aromatic heterocycles. The van der Waals surface area contributed by atoms with Crippen molar-refractivity contribution < 1.29 is 9.53 Å². The maximum Gasteiger partial charge on any atom is 0.225 e. The summed E-state index contributed by atoms with van der Waals surface area (Å²) in [4.78, 5) is 19.8. The number of aromatic nitrogens is 2. The number of hydrogen-bond donors (Lipinski definition) is 2. The molecule has 2 heterocycles. The Morgan fingerprint density at radius 3 is 2.90 bits per heavy atom. The Morgan fingerprint density at radius 2 is 2.10 bits per heavy atom. The van der Waals surface area contributed by atoms with Gasteiger partial charge in [0.05, 0.1) is 0 Å². The van der Waals surface area contributed by atoms with Crippen LogP contribution in [0, 0.1) is 6.92 Å². The maximum atomic E-state index is 11.3. The van der Waals surface area contributed by atoms with Crippen LogP contribution in [0.3, 0.4) is 0 Å². The Morgan fingerprint density at radius 1 is 1.24 bits per heavy atom. The van der Waals surface area contributed by atoms with Crippen LogP contribution in [-0.2, 0) is 11.2 Å². The van der Waals surface area contributed by atoms with Crippen molar-refractivity contribution in [3.8, 4) is 11.6 Å². The third-order valence-electron chi connectivity index (χ3n) is 3.25. The van der Waals surface area contributed by atoms with Gasteiger partial charge in [0.25, 0.3) is 0 Å². The van der Waals surface area contributed by atoms with Crippen LogP contribution < -0.4 is 15.4 Å². The Bertz CT molecular complexity index is 700. The van der Waals surface area contributed by atoms with Crippen LogP contribution in [0.2, 0.25) is 0 Å². The van der Waals surface area contributed by atoms with Crippen LogP contribution in [0.1, 0.15) is 17.7 Å². The standard InChI is InChI=1S/C15H16N4O2/c1-9-7-14(19-15(16-2)17-9)21-11-4-5-12-10(8-11)3-6-13(20)18-12/h4-5,7-8H,3,6H2,1-2H3,(H,18,20)(H,16,17,19). The van der Waals surface area contributed by atoms with Gasteiger partial charge in [-0.15, -0.1) is 0 Å². The fraction of sp³-hybridized carbons (Fsp3) is 0.267. The highest BCUT2D eigenvalue weighted by Gasteiger charge is 2.15. The van der Waals surface area contributed by atoms with Crippen LogP contribution in [0.4, 0.5) is 11.6 Å². The summed E-state index contributed by atoms with van der Waals surface area (Å²) in [6.07, 6.45) is 1.23. The summed E-state index contributed by atoms with van der Waals surface area (Å²) >= 11 is 0. The summed E-state index contributed by atoms with van der Waals surface area (Å²) < 4.78 is 5.79. The van der Waals surface area contributed by atoms with Gasteiger partial charge in [0.1, 0.15) is 5.75 Å². The van der Waals surface area contributed by atoms with Gasteiger partial charge in [-0.2, -0.15) is 4.98 Å². The largest absolute Gasteiger partial charge is 0.439 e. The van der Waals surface area contributed by atoms with E-state index in [4.69, 9.17) is 4.74 Å². The zero-order valence-electron chi connectivity index (χ0n) is 11.9. The van der Waals surface area contributed by atoms with E-state index in [0.29, 0.717) is 24.0 Å². The van der Waals surface area contributed by atoms with E-state index >= 15 is 0 Å². The molecule has 0 saturated carbocycles. The summed E-state index contributed by atoms with van der Waals surface area (Å²) in [6, 6.07) is 7.39. The Hall–Kier alpha value is -2.63. The normalized spacial score (nSPS) is 13.3. The molecule has 1 aliphatic heterocycles. The minimum Gasteiger partial charge on any atom is -0.439 e. The lowest BCUT2D eigenvalue weighted by atomic mass is 10.0. The SMILES string of the molecule is CNc1nc(C)cc(Oc2ccc3c(c2)CCC(=O)N3)n1. The summed E-state index contributed by atoms with van der Waals surface area (Å²) in [5.74, 6) is 1.77. The van der Waals surface area contributed by atoms with Crippen molar-refractivity contribution in [3.05, 3.63) is 35.5 Å². The number of hydrogen-bond acceptors (Lipinski definition) is 5. The fourth-order valence-corrected chi connectivity index (χ4v) is 2.25. The van der Waals surface area contributed by atoms with Gasteiger partial charge in [0.15, 0.2) is 0 Å². The number of amides is 1. The summed E-state index contributed by atoms with van der Waals surface area (Å²) in [7, 11) is 1.76. The quantitative estimate of drug-likeness (QED) is 0.905. The van der Waals surface area contributed by atoms with Crippen molar-refractivity contribution in [2.75, 3.05) is 17.7 Å². The van der Waals surface area contributed by atoms with Crippen LogP contribution in [0.15, 0.2) is 24.3 Å². The van der Waals surface area contributed by atoms with Gasteiger partial charge in [-0.05, 0) is 37.1 Å². The lowest BCUT2D eigenvalue weighted by Gasteiger charge is -2.17. The molecular weight excluding hydrogens is 268 g/mol. The van der Waals surface area contributed by atoms with E-state index in [9.17, 15) is 4.79 Å². The number of carbonyl (C=O) groups excluding carboxylic acids is 1. The van der Waals surface area contributed by atoms with E-state index in [1.54, 1.807) is 13.1 Å². The number of ether oxygens (including phenoxy) is 1. The number of nitrogens with one attached hydrogen (secondary N) is 2. The van der Waals surface area contributed by atoms with Gasteiger partial charge in [0.2, 0.25) is 17.7 Å². The number of benzene rings is 1. The first-order valence-electron chi connectivity index (χ1n) is 6.78. The molecule has 6 heteroatoms. The van der Waals surface area contributed by atoms with Crippen molar-refractivity contribution in [2.45, 2.75) is 19.8 Å². The van der Waals surface area contributed by atoms with Crippen LogP contribution in [0.5, 0.6) is 11.6 Å². The van der Waals surface area contributed by atoms with Crippen LogP contribution in [0.25, 0.3) is 0 Å². The predicted octanol–water partition coefficient (Wildman–Crippen LogP) is 2.50. The minimum atomic E-state index is 0.0567. The van der Waals surface area contributed by atoms with Crippen molar-refractivity contribution in [2.24, 2.45) is 0 Å². The lowest BCUT2D eigenvalue weighted by molar-refractivity contribution is -0.116. The Kier molecular flexibility index (Phi) is 3.43. The topological polar surface area (TPSA) is 76.1 Å². The van der Waals surface area contributed by atoms with E-state index in [0.717, 1.165) is 23.4 Å². The third-order valence-corrected chi connectivity index (χ3v) is 3.25. The van der Waals surface area contributed by atoms with E-state index in [1.165, 1.54) is 0 Å². The molecule has 1 aliphatic rings. The molecule has 2 N–H and O–H groups in total. The van der Waals surface area contributed by atoms with Gasteiger partial charge in [0, 0.05) is 30.9 Å². The zero-order valence-corrected chi connectivity index (χ0v) is 11.9. The molecule has 108 valence electrons. The van der Waals surface area contributed by atoms with Gasteiger partial charge < -0.3 is 15.4 Å². The molecule has 21 heavy (non-hydrogen) atoms. The van der Waals surface area contributed by atoms with Crippen molar-refractivity contribution in [1.29, 1.82) is 0 Å². The summed E-state index contributed by atoms with van der Waals surface area (Å²) in [5.41, 5.74) is 2.76. The van der Waals surface area contributed by atoms with E-state index < -0.39 is 0 Å².